The summed E-state index contributed by atoms with van der Waals surface area (Å²) < 4.78 is 83.2. The van der Waals surface area contributed by atoms with Gasteiger partial charge in [0.25, 0.3) is 0 Å². The third kappa shape index (κ3) is 4.22. The lowest BCUT2D eigenvalue weighted by Crippen LogP contribution is -2.46. The van der Waals surface area contributed by atoms with Crippen molar-refractivity contribution < 1.29 is 31.4 Å². The highest BCUT2D eigenvalue weighted by atomic mass is 35.5. The molecule has 0 bridgehead atoms. The molecule has 2 aromatic carbocycles. The Balaban J connectivity index is 1.82. The van der Waals surface area contributed by atoms with Crippen LogP contribution in [0.1, 0.15) is 12.0 Å². The van der Waals surface area contributed by atoms with E-state index in [4.69, 9.17) is 26.8 Å². The van der Waals surface area contributed by atoms with Gasteiger partial charge in [-0.05, 0) is 24.1 Å². The maximum atomic E-state index is 16.3. The summed E-state index contributed by atoms with van der Waals surface area (Å²) in [5, 5.41) is 9.44. The zero-order valence-electron chi connectivity index (χ0n) is 19.5. The molecule has 0 amide bonds. The van der Waals surface area contributed by atoms with Crippen molar-refractivity contribution in [1.82, 2.24) is 9.97 Å². The Morgan fingerprint density at radius 2 is 2.03 bits per heavy atom. The van der Waals surface area contributed by atoms with Crippen molar-refractivity contribution in [2.24, 2.45) is 0 Å². The summed E-state index contributed by atoms with van der Waals surface area (Å²) in [7, 11) is 1.20. The summed E-state index contributed by atoms with van der Waals surface area (Å²) >= 11 is 7.36. The smallest absolute Gasteiger partial charge is 0.408 e. The number of hydrogen-bond acceptors (Lipinski definition) is 8. The number of anilines is 2. The topological polar surface area (TPSA) is 97.3 Å². The van der Waals surface area contributed by atoms with Crippen LogP contribution in [-0.4, -0.2) is 49.1 Å². The van der Waals surface area contributed by atoms with Crippen LogP contribution in [0, 0.1) is 23.0 Å². The standard InChI is InChI=1S/C24H17ClF5N5O2S/c1-36-23-33-19-11(22(34-23)35-5-7-37-6-4-15(35)24(28,29)30)8-13(25)17(18(19)27)10-2-3-14(26)20-16(10)12(9-31)21(32)38-20/h2-3,8,15H,4-7,32H2,1H3. The summed E-state index contributed by atoms with van der Waals surface area (Å²) in [6.45, 7) is -0.316. The fourth-order valence-corrected chi connectivity index (χ4v) is 5.83. The third-order valence-corrected chi connectivity index (χ3v) is 7.59. The van der Waals surface area contributed by atoms with E-state index in [0.29, 0.717) is 0 Å². The van der Waals surface area contributed by atoms with E-state index in [0.717, 1.165) is 22.3 Å². The molecular weight excluding hydrogens is 553 g/mol. The highest BCUT2D eigenvalue weighted by Crippen LogP contribution is 2.46. The van der Waals surface area contributed by atoms with E-state index in [-0.39, 0.29) is 85.7 Å². The van der Waals surface area contributed by atoms with Gasteiger partial charge in [0.05, 0.1) is 29.0 Å². The minimum atomic E-state index is -4.63. The van der Waals surface area contributed by atoms with E-state index >= 15 is 4.39 Å². The van der Waals surface area contributed by atoms with E-state index < -0.39 is 23.9 Å². The number of aromatic nitrogens is 2. The van der Waals surface area contributed by atoms with Crippen molar-refractivity contribution in [3.05, 3.63) is 40.4 Å². The van der Waals surface area contributed by atoms with Gasteiger partial charge < -0.3 is 20.1 Å². The molecule has 1 saturated heterocycles. The van der Waals surface area contributed by atoms with Gasteiger partial charge in [-0.2, -0.15) is 28.4 Å². The lowest BCUT2D eigenvalue weighted by molar-refractivity contribution is -0.150. The fourth-order valence-electron chi connectivity index (χ4n) is 4.59. The molecule has 5 rings (SSSR count). The number of rotatable bonds is 3. The zero-order valence-corrected chi connectivity index (χ0v) is 21.1. The number of nitrogens with two attached hydrogens (primary N) is 1. The number of thiophene rings is 1. The van der Waals surface area contributed by atoms with Crippen LogP contribution >= 0.6 is 22.9 Å². The molecule has 0 saturated carbocycles. The maximum Gasteiger partial charge on any atom is 0.408 e. The predicted molar refractivity (Wildman–Crippen MR) is 134 cm³/mol. The van der Waals surface area contributed by atoms with Gasteiger partial charge >= 0.3 is 12.2 Å². The van der Waals surface area contributed by atoms with Crippen molar-refractivity contribution in [2.45, 2.75) is 18.6 Å². The average molecular weight is 570 g/mol. The van der Waals surface area contributed by atoms with Crippen LogP contribution in [0.3, 0.4) is 0 Å². The average Bonchev–Trinajstić information content (AvgIpc) is 3.03. The van der Waals surface area contributed by atoms with Gasteiger partial charge in [0.2, 0.25) is 0 Å². The van der Waals surface area contributed by atoms with Crippen LogP contribution in [0.2, 0.25) is 5.02 Å². The fraction of sp³-hybridized carbons (Fsp3) is 0.292. The Bertz CT molecular complexity index is 1620. The molecule has 1 atom stereocenters. The Morgan fingerprint density at radius 3 is 2.71 bits per heavy atom. The molecule has 0 radical (unpaired) electrons. The van der Waals surface area contributed by atoms with Crippen LogP contribution < -0.4 is 15.4 Å². The van der Waals surface area contributed by atoms with Crippen LogP contribution in [0.4, 0.5) is 32.8 Å². The van der Waals surface area contributed by atoms with Crippen LogP contribution in [-0.2, 0) is 4.74 Å². The molecule has 1 aliphatic heterocycles. The van der Waals surface area contributed by atoms with Crippen molar-refractivity contribution in [1.29, 1.82) is 5.26 Å². The Kier molecular flexibility index (Phi) is 6.66. The lowest BCUT2D eigenvalue weighted by atomic mass is 9.97. The Morgan fingerprint density at radius 1 is 1.26 bits per heavy atom. The molecule has 14 heteroatoms. The van der Waals surface area contributed by atoms with Crippen molar-refractivity contribution in [3.63, 3.8) is 0 Å². The van der Waals surface area contributed by atoms with Crippen LogP contribution in [0.25, 0.3) is 32.1 Å². The van der Waals surface area contributed by atoms with E-state index in [1.54, 1.807) is 0 Å². The molecule has 2 N–H and O–H groups in total. The van der Waals surface area contributed by atoms with E-state index in [9.17, 15) is 22.8 Å². The summed E-state index contributed by atoms with van der Waals surface area (Å²) in [4.78, 5) is 9.18. The van der Waals surface area contributed by atoms with Gasteiger partial charge in [-0.15, -0.1) is 11.3 Å². The molecule has 38 heavy (non-hydrogen) atoms. The lowest BCUT2D eigenvalue weighted by Gasteiger charge is -2.32. The van der Waals surface area contributed by atoms with Gasteiger partial charge in [-0.3, -0.25) is 0 Å². The van der Waals surface area contributed by atoms with Gasteiger partial charge in [0, 0.05) is 29.5 Å². The first-order valence-corrected chi connectivity index (χ1v) is 12.3. The van der Waals surface area contributed by atoms with Gasteiger partial charge in [-0.1, -0.05) is 17.7 Å². The van der Waals surface area contributed by atoms with Crippen molar-refractivity contribution in [3.8, 4) is 23.2 Å². The summed E-state index contributed by atoms with van der Waals surface area (Å²) in [6, 6.07) is 3.18. The second-order valence-corrected chi connectivity index (χ2v) is 9.84. The van der Waals surface area contributed by atoms with Gasteiger partial charge in [-0.25, -0.2) is 8.78 Å². The number of fused-ring (bicyclic) bond motifs is 2. The molecule has 7 nitrogen and oxygen atoms in total. The maximum absolute atomic E-state index is 16.3. The van der Waals surface area contributed by atoms with Crippen LogP contribution in [0.5, 0.6) is 6.01 Å². The van der Waals surface area contributed by atoms with E-state index in [2.05, 4.69) is 9.97 Å². The minimum Gasteiger partial charge on any atom is -0.467 e. The molecule has 3 heterocycles. The molecule has 1 unspecified atom stereocenters. The highest BCUT2D eigenvalue weighted by molar-refractivity contribution is 7.23. The number of alkyl halides is 3. The number of halogens is 6. The third-order valence-electron chi connectivity index (χ3n) is 6.26. The molecule has 1 aliphatic rings. The summed E-state index contributed by atoms with van der Waals surface area (Å²) in [6.07, 6.45) is -5.00. The zero-order chi connectivity index (χ0) is 27.4. The predicted octanol–water partition coefficient (Wildman–Crippen LogP) is 6.06. The number of benzene rings is 2. The first-order valence-electron chi connectivity index (χ1n) is 11.1. The number of nitriles is 1. The SMILES string of the molecule is COc1nc(N2CCOCCC2C(F)(F)F)c2cc(Cl)c(-c3ccc(F)c4sc(N)c(C#N)c34)c(F)c2n1. The molecule has 4 aromatic rings. The van der Waals surface area contributed by atoms with Crippen molar-refractivity contribution in [2.75, 3.05) is 37.5 Å². The van der Waals surface area contributed by atoms with Crippen molar-refractivity contribution >= 4 is 54.7 Å². The highest BCUT2D eigenvalue weighted by Gasteiger charge is 2.45. The number of nitrogens with zero attached hydrogens (tertiary/aromatic N) is 4. The first-order chi connectivity index (χ1) is 18.1. The second-order valence-electron chi connectivity index (χ2n) is 8.38. The molecule has 0 spiro atoms. The monoisotopic (exact) mass is 569 g/mol. The number of hydrogen-bond donors (Lipinski definition) is 1. The molecule has 0 aliphatic carbocycles. The summed E-state index contributed by atoms with van der Waals surface area (Å²) in [5.74, 6) is -1.90. The van der Waals surface area contributed by atoms with E-state index in [1.807, 2.05) is 6.07 Å². The largest absolute Gasteiger partial charge is 0.467 e. The van der Waals surface area contributed by atoms with Crippen LogP contribution in [0.15, 0.2) is 18.2 Å². The summed E-state index contributed by atoms with van der Waals surface area (Å²) in [5.41, 5.74) is 5.34. The molecule has 1 fully saturated rings. The minimum absolute atomic E-state index is 0.0151. The molecule has 2 aromatic heterocycles. The number of ether oxygens (including phenoxy) is 2. The van der Waals surface area contributed by atoms with E-state index in [1.165, 1.54) is 19.2 Å². The molecule has 198 valence electrons. The second kappa shape index (κ2) is 9.68. The van der Waals surface area contributed by atoms with Gasteiger partial charge in [0.15, 0.2) is 5.82 Å². The first kappa shape index (κ1) is 26.1. The Hall–Kier alpha value is -3.47. The normalized spacial score (nSPS) is 16.6. The van der Waals surface area contributed by atoms with Gasteiger partial charge in [0.1, 0.15) is 34.3 Å². The molecular formula is C24H17ClF5N5O2S. The Labute approximate surface area is 221 Å². The number of methoxy groups -OCH3 is 1. The quantitative estimate of drug-likeness (QED) is 0.299. The number of nitrogen functional groups attached to an aromatic ring is 1.